The van der Waals surface area contributed by atoms with Crippen molar-refractivity contribution in [2.45, 2.75) is 52.1 Å². The zero-order chi connectivity index (χ0) is 15.8. The zero-order valence-electron chi connectivity index (χ0n) is 13.1. The highest BCUT2D eigenvalue weighted by Crippen LogP contribution is 2.30. The fraction of sp³-hybridized carbons (Fsp3) is 0.600. The molecule has 2 rings (SSSR count). The summed E-state index contributed by atoms with van der Waals surface area (Å²) in [4.78, 5) is 4.56. The lowest BCUT2D eigenvalue weighted by molar-refractivity contribution is 0.171. The summed E-state index contributed by atoms with van der Waals surface area (Å²) in [7, 11) is 1.86. The van der Waals surface area contributed by atoms with Crippen LogP contribution in [-0.2, 0) is 25.3 Å². The molecule has 0 bridgehead atoms. The van der Waals surface area contributed by atoms with Gasteiger partial charge in [-0.2, -0.15) is 5.10 Å². The number of rotatable bonds is 4. The molecule has 0 saturated heterocycles. The summed E-state index contributed by atoms with van der Waals surface area (Å²) in [5.41, 5.74) is 2.43. The number of aryl methyl sites for hydroxylation is 2. The molecular weight excluding hydrogens is 306 g/mol. The van der Waals surface area contributed by atoms with Crippen LogP contribution in [0.5, 0.6) is 0 Å². The minimum atomic E-state index is -0.657. The molecule has 0 aliphatic rings. The molecule has 2 aromatic rings. The Morgan fingerprint density at radius 2 is 2.10 bits per heavy atom. The predicted octanol–water partition coefficient (Wildman–Crippen LogP) is 3.67. The van der Waals surface area contributed by atoms with Crippen LogP contribution in [0.25, 0.3) is 0 Å². The van der Waals surface area contributed by atoms with Gasteiger partial charge in [0.2, 0.25) is 0 Å². The number of nitrogens with zero attached hydrogens (tertiary/aromatic N) is 3. The molecule has 116 valence electrons. The highest BCUT2D eigenvalue weighted by atomic mass is 35.5. The summed E-state index contributed by atoms with van der Waals surface area (Å²) >= 11 is 7.91. The lowest BCUT2D eigenvalue weighted by atomic mass is 9.98. The number of halogens is 1. The van der Waals surface area contributed by atoms with Gasteiger partial charge >= 0.3 is 0 Å². The maximum absolute atomic E-state index is 10.4. The molecule has 0 saturated carbocycles. The van der Waals surface area contributed by atoms with Crippen molar-refractivity contribution in [3.05, 3.63) is 32.5 Å². The molecule has 0 spiro atoms. The van der Waals surface area contributed by atoms with Gasteiger partial charge in [0.1, 0.15) is 6.10 Å². The molecule has 2 aromatic heterocycles. The van der Waals surface area contributed by atoms with Gasteiger partial charge < -0.3 is 5.11 Å². The SMILES string of the molecule is CCc1nn(C)c(CC(O)c2csc(C(C)(C)C)n2)c1Cl. The Balaban J connectivity index is 2.20. The van der Waals surface area contributed by atoms with Crippen LogP contribution in [0.4, 0.5) is 0 Å². The monoisotopic (exact) mass is 327 g/mol. The van der Waals surface area contributed by atoms with E-state index in [2.05, 4.69) is 30.9 Å². The van der Waals surface area contributed by atoms with E-state index in [-0.39, 0.29) is 5.41 Å². The number of aliphatic hydroxyl groups excluding tert-OH is 1. The quantitative estimate of drug-likeness (QED) is 0.932. The minimum absolute atomic E-state index is 0.00217. The second-order valence-electron chi connectivity index (χ2n) is 6.23. The van der Waals surface area contributed by atoms with Crippen molar-refractivity contribution in [1.29, 1.82) is 0 Å². The second-order valence-corrected chi connectivity index (χ2v) is 7.47. The van der Waals surface area contributed by atoms with Gasteiger partial charge in [0, 0.05) is 24.3 Å². The fourth-order valence-corrected chi connectivity index (χ4v) is 3.44. The van der Waals surface area contributed by atoms with Gasteiger partial charge in [-0.3, -0.25) is 4.68 Å². The van der Waals surface area contributed by atoms with E-state index in [1.54, 1.807) is 16.0 Å². The molecule has 0 aromatic carbocycles. The molecule has 0 aliphatic heterocycles. The van der Waals surface area contributed by atoms with Crippen LogP contribution in [0.1, 0.15) is 55.9 Å². The van der Waals surface area contributed by atoms with Crippen LogP contribution < -0.4 is 0 Å². The van der Waals surface area contributed by atoms with Crippen molar-refractivity contribution in [3.63, 3.8) is 0 Å². The smallest absolute Gasteiger partial charge is 0.102 e. The molecule has 0 radical (unpaired) electrons. The zero-order valence-corrected chi connectivity index (χ0v) is 14.7. The third kappa shape index (κ3) is 3.47. The molecule has 21 heavy (non-hydrogen) atoms. The first-order chi connectivity index (χ1) is 9.74. The van der Waals surface area contributed by atoms with Gasteiger partial charge in [-0.25, -0.2) is 4.98 Å². The Kier molecular flexibility index (Phi) is 4.76. The largest absolute Gasteiger partial charge is 0.386 e. The number of aromatic nitrogens is 3. The van der Waals surface area contributed by atoms with E-state index in [1.165, 1.54) is 0 Å². The Bertz CT molecular complexity index is 627. The minimum Gasteiger partial charge on any atom is -0.386 e. The average Bonchev–Trinajstić information content (AvgIpc) is 2.98. The number of thiazole rings is 1. The molecule has 0 amide bonds. The normalized spacial score (nSPS) is 13.7. The van der Waals surface area contributed by atoms with E-state index in [0.29, 0.717) is 17.1 Å². The number of hydrogen-bond donors (Lipinski definition) is 1. The molecule has 2 heterocycles. The lowest BCUT2D eigenvalue weighted by Gasteiger charge is -2.14. The van der Waals surface area contributed by atoms with Gasteiger partial charge in [0.25, 0.3) is 0 Å². The topological polar surface area (TPSA) is 50.9 Å². The lowest BCUT2D eigenvalue weighted by Crippen LogP contribution is -2.12. The van der Waals surface area contributed by atoms with Crippen LogP contribution in [0, 0.1) is 0 Å². The van der Waals surface area contributed by atoms with E-state index in [4.69, 9.17) is 11.6 Å². The highest BCUT2D eigenvalue weighted by Gasteiger charge is 2.23. The van der Waals surface area contributed by atoms with E-state index < -0.39 is 6.10 Å². The second kappa shape index (κ2) is 6.07. The first-order valence-electron chi connectivity index (χ1n) is 7.08. The summed E-state index contributed by atoms with van der Waals surface area (Å²) in [6.07, 6.45) is 0.554. The van der Waals surface area contributed by atoms with Crippen LogP contribution in [0.15, 0.2) is 5.38 Å². The van der Waals surface area contributed by atoms with E-state index >= 15 is 0 Å². The maximum Gasteiger partial charge on any atom is 0.102 e. The van der Waals surface area contributed by atoms with Gasteiger partial charge in [0.05, 0.1) is 27.1 Å². The molecule has 4 nitrogen and oxygen atoms in total. The maximum atomic E-state index is 10.4. The van der Waals surface area contributed by atoms with E-state index in [0.717, 1.165) is 22.8 Å². The van der Waals surface area contributed by atoms with E-state index in [1.807, 2.05) is 19.4 Å². The van der Waals surface area contributed by atoms with Gasteiger partial charge in [-0.05, 0) is 6.42 Å². The fourth-order valence-electron chi connectivity index (χ4n) is 2.11. The van der Waals surface area contributed by atoms with Crippen molar-refractivity contribution < 1.29 is 5.11 Å². The van der Waals surface area contributed by atoms with Gasteiger partial charge in [-0.15, -0.1) is 11.3 Å². The Morgan fingerprint density at radius 3 is 2.57 bits per heavy atom. The van der Waals surface area contributed by atoms with Crippen LogP contribution in [-0.4, -0.2) is 19.9 Å². The molecule has 6 heteroatoms. The highest BCUT2D eigenvalue weighted by molar-refractivity contribution is 7.09. The van der Waals surface area contributed by atoms with Crippen molar-refractivity contribution in [2.75, 3.05) is 0 Å². The molecule has 1 unspecified atom stereocenters. The molecule has 0 fully saturated rings. The Morgan fingerprint density at radius 1 is 1.43 bits per heavy atom. The summed E-state index contributed by atoms with van der Waals surface area (Å²) in [6.45, 7) is 8.37. The van der Waals surface area contributed by atoms with E-state index in [9.17, 15) is 5.11 Å². The molecular formula is C15H22ClN3OS. The average molecular weight is 328 g/mol. The Hall–Kier alpha value is -0.910. The standard InChI is InChI=1S/C15H22ClN3OS/c1-6-9-13(16)11(19(5)18-9)7-12(20)10-8-21-14(17-10)15(2,3)4/h8,12,20H,6-7H2,1-5H3. The summed E-state index contributed by atoms with van der Waals surface area (Å²) in [6, 6.07) is 0. The summed E-state index contributed by atoms with van der Waals surface area (Å²) < 4.78 is 1.75. The number of hydrogen-bond acceptors (Lipinski definition) is 4. The van der Waals surface area contributed by atoms with Crippen LogP contribution >= 0.6 is 22.9 Å². The first kappa shape index (κ1) is 16.5. The first-order valence-corrected chi connectivity index (χ1v) is 8.34. The number of aliphatic hydroxyl groups is 1. The van der Waals surface area contributed by atoms with Crippen LogP contribution in [0.2, 0.25) is 5.02 Å². The third-order valence-electron chi connectivity index (χ3n) is 3.39. The van der Waals surface area contributed by atoms with Gasteiger partial charge in [0.15, 0.2) is 0 Å². The van der Waals surface area contributed by atoms with Crippen molar-refractivity contribution >= 4 is 22.9 Å². The van der Waals surface area contributed by atoms with Crippen molar-refractivity contribution in [1.82, 2.24) is 14.8 Å². The third-order valence-corrected chi connectivity index (χ3v) is 5.12. The summed E-state index contributed by atoms with van der Waals surface area (Å²) in [5, 5.41) is 18.4. The molecule has 0 aliphatic carbocycles. The van der Waals surface area contributed by atoms with Crippen molar-refractivity contribution in [2.24, 2.45) is 7.05 Å². The van der Waals surface area contributed by atoms with Gasteiger partial charge in [-0.1, -0.05) is 39.3 Å². The Labute approximate surface area is 134 Å². The predicted molar refractivity (Wildman–Crippen MR) is 87.1 cm³/mol. The molecule has 1 N–H and O–H groups in total. The molecule has 1 atom stereocenters. The van der Waals surface area contributed by atoms with Crippen LogP contribution in [0.3, 0.4) is 0 Å². The van der Waals surface area contributed by atoms with Crippen molar-refractivity contribution in [3.8, 4) is 0 Å². The summed E-state index contributed by atoms with van der Waals surface area (Å²) in [5.74, 6) is 0.